The van der Waals surface area contributed by atoms with Gasteiger partial charge >= 0.3 is 0 Å². The van der Waals surface area contributed by atoms with E-state index in [1.165, 1.54) is 5.56 Å². The zero-order chi connectivity index (χ0) is 17.7. The van der Waals surface area contributed by atoms with Crippen LogP contribution in [-0.2, 0) is 10.2 Å². The van der Waals surface area contributed by atoms with Crippen LogP contribution in [-0.4, -0.2) is 12.5 Å². The number of rotatable bonds is 6. The molecule has 0 aliphatic carbocycles. The summed E-state index contributed by atoms with van der Waals surface area (Å²) in [7, 11) is 0. The van der Waals surface area contributed by atoms with E-state index in [0.29, 0.717) is 6.61 Å². The summed E-state index contributed by atoms with van der Waals surface area (Å²) < 4.78 is 5.54. The second kappa shape index (κ2) is 7.52. The molecule has 0 radical (unpaired) electrons. The van der Waals surface area contributed by atoms with E-state index in [-0.39, 0.29) is 11.9 Å². The summed E-state index contributed by atoms with van der Waals surface area (Å²) >= 11 is 0. The van der Waals surface area contributed by atoms with Crippen molar-refractivity contribution in [2.45, 2.75) is 46.1 Å². The molecule has 0 saturated carbocycles. The lowest BCUT2D eigenvalue weighted by atomic mass is 9.83. The highest BCUT2D eigenvalue weighted by Crippen LogP contribution is 2.26. The van der Waals surface area contributed by atoms with Gasteiger partial charge in [0.15, 0.2) is 0 Å². The molecule has 3 heteroatoms. The molecular weight excluding hydrogens is 298 g/mol. The number of ether oxygens (including phenoxy) is 1. The van der Waals surface area contributed by atoms with Crippen LogP contribution in [0, 0.1) is 6.92 Å². The number of hydrogen-bond acceptors (Lipinski definition) is 2. The molecule has 2 aromatic rings. The second-order valence-electron chi connectivity index (χ2n) is 6.69. The molecule has 3 nitrogen and oxygen atoms in total. The van der Waals surface area contributed by atoms with Gasteiger partial charge in [-0.25, -0.2) is 0 Å². The fourth-order valence-corrected chi connectivity index (χ4v) is 2.60. The Morgan fingerprint density at radius 2 is 1.83 bits per heavy atom. The van der Waals surface area contributed by atoms with E-state index >= 15 is 0 Å². The molecule has 0 fully saturated rings. The van der Waals surface area contributed by atoms with Crippen LogP contribution >= 0.6 is 0 Å². The fraction of sp³-hybridized carbons (Fsp3) is 0.381. The summed E-state index contributed by atoms with van der Waals surface area (Å²) in [6.45, 7) is 10.5. The zero-order valence-corrected chi connectivity index (χ0v) is 15.2. The smallest absolute Gasteiger partial charge is 0.230 e. The SMILES string of the molecule is CCOc1cccc(C(C)NC(=O)C(C)(C)c2ccc(C)cc2)c1. The number of aryl methyl sites for hydroxylation is 1. The first-order valence-electron chi connectivity index (χ1n) is 8.45. The molecule has 2 aromatic carbocycles. The van der Waals surface area contributed by atoms with Gasteiger partial charge in [0, 0.05) is 0 Å². The average molecular weight is 325 g/mol. The predicted octanol–water partition coefficient (Wildman–Crippen LogP) is 4.55. The van der Waals surface area contributed by atoms with Gasteiger partial charge in [-0.3, -0.25) is 4.79 Å². The number of carbonyl (C=O) groups is 1. The third kappa shape index (κ3) is 4.16. The van der Waals surface area contributed by atoms with E-state index in [0.717, 1.165) is 16.9 Å². The Balaban J connectivity index is 2.12. The monoisotopic (exact) mass is 325 g/mol. The van der Waals surface area contributed by atoms with Crippen molar-refractivity contribution in [1.29, 1.82) is 0 Å². The highest BCUT2D eigenvalue weighted by atomic mass is 16.5. The van der Waals surface area contributed by atoms with E-state index < -0.39 is 5.41 Å². The summed E-state index contributed by atoms with van der Waals surface area (Å²) in [6, 6.07) is 15.9. The molecule has 128 valence electrons. The molecule has 1 atom stereocenters. The molecule has 0 spiro atoms. The quantitative estimate of drug-likeness (QED) is 0.846. The maximum atomic E-state index is 12.8. The van der Waals surface area contributed by atoms with Crippen LogP contribution in [0.3, 0.4) is 0 Å². The van der Waals surface area contributed by atoms with Crippen LogP contribution in [0.2, 0.25) is 0 Å². The Morgan fingerprint density at radius 3 is 2.46 bits per heavy atom. The summed E-state index contributed by atoms with van der Waals surface area (Å²) in [5, 5.41) is 3.12. The Labute approximate surface area is 145 Å². The summed E-state index contributed by atoms with van der Waals surface area (Å²) in [5.74, 6) is 0.842. The van der Waals surface area contributed by atoms with Gasteiger partial charge in [-0.05, 0) is 57.9 Å². The number of hydrogen-bond donors (Lipinski definition) is 1. The largest absolute Gasteiger partial charge is 0.494 e. The van der Waals surface area contributed by atoms with Crippen molar-refractivity contribution in [3.05, 3.63) is 65.2 Å². The van der Waals surface area contributed by atoms with Gasteiger partial charge < -0.3 is 10.1 Å². The fourth-order valence-electron chi connectivity index (χ4n) is 2.60. The van der Waals surface area contributed by atoms with Gasteiger partial charge in [0.25, 0.3) is 0 Å². The molecule has 0 aliphatic heterocycles. The first kappa shape index (κ1) is 18.1. The average Bonchev–Trinajstić information content (AvgIpc) is 2.55. The highest BCUT2D eigenvalue weighted by molar-refractivity contribution is 5.87. The number of nitrogens with one attached hydrogen (secondary N) is 1. The van der Waals surface area contributed by atoms with E-state index in [2.05, 4.69) is 5.32 Å². The maximum absolute atomic E-state index is 12.8. The topological polar surface area (TPSA) is 38.3 Å². The van der Waals surface area contributed by atoms with Crippen LogP contribution in [0.4, 0.5) is 0 Å². The Kier molecular flexibility index (Phi) is 5.66. The van der Waals surface area contributed by atoms with Crippen molar-refractivity contribution < 1.29 is 9.53 Å². The normalized spacial score (nSPS) is 12.5. The van der Waals surface area contributed by atoms with Crippen molar-refractivity contribution in [2.75, 3.05) is 6.61 Å². The lowest BCUT2D eigenvalue weighted by Crippen LogP contribution is -2.41. The molecule has 0 saturated heterocycles. The Morgan fingerprint density at radius 1 is 1.17 bits per heavy atom. The summed E-state index contributed by atoms with van der Waals surface area (Å²) in [6.07, 6.45) is 0. The van der Waals surface area contributed by atoms with Gasteiger partial charge in [-0.1, -0.05) is 42.0 Å². The van der Waals surface area contributed by atoms with Gasteiger partial charge in [0.05, 0.1) is 18.1 Å². The molecule has 1 N–H and O–H groups in total. The predicted molar refractivity (Wildman–Crippen MR) is 98.4 cm³/mol. The first-order chi connectivity index (χ1) is 11.3. The van der Waals surface area contributed by atoms with Crippen LogP contribution in [0.15, 0.2) is 48.5 Å². The van der Waals surface area contributed by atoms with Crippen molar-refractivity contribution in [2.24, 2.45) is 0 Å². The molecule has 2 rings (SSSR count). The molecule has 0 aromatic heterocycles. The van der Waals surface area contributed by atoms with Crippen molar-refractivity contribution in [3.63, 3.8) is 0 Å². The third-order valence-electron chi connectivity index (χ3n) is 4.36. The lowest BCUT2D eigenvalue weighted by Gasteiger charge is -2.27. The zero-order valence-electron chi connectivity index (χ0n) is 15.2. The van der Waals surface area contributed by atoms with Gasteiger partial charge in [0.1, 0.15) is 5.75 Å². The minimum absolute atomic E-state index is 0.0145. The number of benzene rings is 2. The van der Waals surface area contributed by atoms with Crippen molar-refractivity contribution in [3.8, 4) is 5.75 Å². The molecular formula is C21H27NO2. The van der Waals surface area contributed by atoms with Crippen LogP contribution in [0.5, 0.6) is 5.75 Å². The van der Waals surface area contributed by atoms with Crippen LogP contribution < -0.4 is 10.1 Å². The van der Waals surface area contributed by atoms with Gasteiger partial charge in [-0.2, -0.15) is 0 Å². The number of carbonyl (C=O) groups excluding carboxylic acids is 1. The summed E-state index contributed by atoms with van der Waals surface area (Å²) in [5.41, 5.74) is 2.66. The molecule has 1 amide bonds. The molecule has 0 heterocycles. The third-order valence-corrected chi connectivity index (χ3v) is 4.36. The number of amides is 1. The molecule has 0 aliphatic rings. The highest BCUT2D eigenvalue weighted by Gasteiger charge is 2.30. The maximum Gasteiger partial charge on any atom is 0.230 e. The standard InChI is InChI=1S/C21H27NO2/c1-6-24-19-9-7-8-17(14-19)16(3)22-20(23)21(4,5)18-12-10-15(2)11-13-18/h7-14,16H,6H2,1-5H3,(H,22,23). The molecule has 0 bridgehead atoms. The minimum Gasteiger partial charge on any atom is -0.494 e. The molecule has 24 heavy (non-hydrogen) atoms. The lowest BCUT2D eigenvalue weighted by molar-refractivity contribution is -0.126. The van der Waals surface area contributed by atoms with Crippen LogP contribution in [0.1, 0.15) is 50.4 Å². The first-order valence-corrected chi connectivity index (χ1v) is 8.45. The van der Waals surface area contributed by atoms with E-state index in [1.54, 1.807) is 0 Å². The van der Waals surface area contributed by atoms with Crippen molar-refractivity contribution in [1.82, 2.24) is 5.32 Å². The minimum atomic E-state index is -0.584. The van der Waals surface area contributed by atoms with E-state index in [4.69, 9.17) is 4.74 Å². The van der Waals surface area contributed by atoms with E-state index in [1.807, 2.05) is 83.1 Å². The van der Waals surface area contributed by atoms with Gasteiger partial charge in [0.2, 0.25) is 5.91 Å². The Hall–Kier alpha value is -2.29. The summed E-state index contributed by atoms with van der Waals surface area (Å²) in [4.78, 5) is 12.8. The molecule has 1 unspecified atom stereocenters. The van der Waals surface area contributed by atoms with Crippen molar-refractivity contribution >= 4 is 5.91 Å². The van der Waals surface area contributed by atoms with Gasteiger partial charge in [-0.15, -0.1) is 0 Å². The van der Waals surface area contributed by atoms with E-state index in [9.17, 15) is 4.79 Å². The second-order valence-corrected chi connectivity index (χ2v) is 6.69. The Bertz CT molecular complexity index is 689. The van der Waals surface area contributed by atoms with Crippen LogP contribution in [0.25, 0.3) is 0 Å².